The summed E-state index contributed by atoms with van der Waals surface area (Å²) in [5.74, 6) is 5.25. The molecule has 1 N–H and O–H groups in total. The predicted molar refractivity (Wildman–Crippen MR) is 63.7 cm³/mol. The Morgan fingerprint density at radius 3 is 2.60 bits per heavy atom. The lowest BCUT2D eigenvalue weighted by atomic mass is 9.89. The summed E-state index contributed by atoms with van der Waals surface area (Å²) in [6, 6.07) is 0. The van der Waals surface area contributed by atoms with Crippen LogP contribution in [0.25, 0.3) is 0 Å². The normalized spacial score (nSPS) is 41.0. The van der Waals surface area contributed by atoms with Crippen LogP contribution in [-0.4, -0.2) is 13.1 Å². The minimum absolute atomic E-state index is 0.934. The van der Waals surface area contributed by atoms with Crippen LogP contribution in [-0.2, 0) is 0 Å². The van der Waals surface area contributed by atoms with Crippen LogP contribution < -0.4 is 5.32 Å². The molecule has 4 atom stereocenters. The van der Waals surface area contributed by atoms with E-state index in [1.165, 1.54) is 38.8 Å². The smallest absolute Gasteiger partial charge is 0.00176 e. The second-order valence-corrected chi connectivity index (χ2v) is 6.41. The summed E-state index contributed by atoms with van der Waals surface area (Å²) >= 11 is 0. The summed E-state index contributed by atoms with van der Waals surface area (Å²) in [5.41, 5.74) is 0. The van der Waals surface area contributed by atoms with Crippen molar-refractivity contribution >= 4 is 0 Å². The number of hydrogen-bond acceptors (Lipinski definition) is 1. The maximum atomic E-state index is 3.73. The van der Waals surface area contributed by atoms with Crippen molar-refractivity contribution in [2.24, 2.45) is 29.6 Å². The number of nitrogens with one attached hydrogen (secondary N) is 1. The third-order valence-electron chi connectivity index (χ3n) is 5.18. The lowest BCUT2D eigenvalue weighted by molar-refractivity contribution is 0.309. The molecule has 0 amide bonds. The Kier molecular flexibility index (Phi) is 2.76. The SMILES string of the molecule is CC(CNCC1CC2CCC1C2)C1CC1. The fraction of sp³-hybridized carbons (Fsp3) is 1.00. The van der Waals surface area contributed by atoms with Crippen LogP contribution in [0, 0.1) is 29.6 Å². The minimum atomic E-state index is 0.934. The molecular formula is C14H25N. The monoisotopic (exact) mass is 207 g/mol. The van der Waals surface area contributed by atoms with Gasteiger partial charge in [0.15, 0.2) is 0 Å². The van der Waals surface area contributed by atoms with Crippen molar-refractivity contribution in [3.63, 3.8) is 0 Å². The van der Waals surface area contributed by atoms with Gasteiger partial charge in [-0.2, -0.15) is 0 Å². The first-order valence-corrected chi connectivity index (χ1v) is 7.03. The molecule has 3 aliphatic rings. The molecule has 2 bridgehead atoms. The summed E-state index contributed by atoms with van der Waals surface area (Å²) in [7, 11) is 0. The Bertz CT molecular complexity index is 221. The second-order valence-electron chi connectivity index (χ2n) is 6.41. The van der Waals surface area contributed by atoms with Crippen LogP contribution in [0.2, 0.25) is 0 Å². The maximum Gasteiger partial charge on any atom is -0.00176 e. The molecule has 1 nitrogen and oxygen atoms in total. The Hall–Kier alpha value is -0.0400. The molecule has 0 radical (unpaired) electrons. The quantitative estimate of drug-likeness (QED) is 0.730. The third kappa shape index (κ3) is 2.22. The second kappa shape index (κ2) is 4.08. The zero-order valence-corrected chi connectivity index (χ0v) is 10.0. The summed E-state index contributed by atoms with van der Waals surface area (Å²) in [4.78, 5) is 0. The summed E-state index contributed by atoms with van der Waals surface area (Å²) < 4.78 is 0. The van der Waals surface area contributed by atoms with E-state index in [0.717, 1.165) is 29.6 Å². The van der Waals surface area contributed by atoms with E-state index in [0.29, 0.717) is 0 Å². The van der Waals surface area contributed by atoms with Crippen molar-refractivity contribution in [3.05, 3.63) is 0 Å². The van der Waals surface area contributed by atoms with Crippen molar-refractivity contribution in [2.45, 2.75) is 45.4 Å². The molecule has 0 aromatic carbocycles. The largest absolute Gasteiger partial charge is 0.316 e. The van der Waals surface area contributed by atoms with E-state index in [1.807, 2.05) is 0 Å². The number of rotatable bonds is 5. The van der Waals surface area contributed by atoms with Gasteiger partial charge >= 0.3 is 0 Å². The Morgan fingerprint density at radius 2 is 2.00 bits per heavy atom. The molecule has 86 valence electrons. The van der Waals surface area contributed by atoms with Crippen LogP contribution in [0.4, 0.5) is 0 Å². The predicted octanol–water partition coefficient (Wildman–Crippen LogP) is 3.06. The van der Waals surface area contributed by atoms with Crippen LogP contribution in [0.3, 0.4) is 0 Å². The Labute approximate surface area is 94.0 Å². The molecular weight excluding hydrogens is 182 g/mol. The van der Waals surface area contributed by atoms with Gasteiger partial charge in [0.1, 0.15) is 0 Å². The van der Waals surface area contributed by atoms with Gasteiger partial charge in [-0.15, -0.1) is 0 Å². The average Bonchev–Trinajstić information content (AvgIpc) is 2.90. The van der Waals surface area contributed by atoms with Crippen molar-refractivity contribution in [1.82, 2.24) is 5.32 Å². The highest BCUT2D eigenvalue weighted by atomic mass is 14.9. The van der Waals surface area contributed by atoms with Gasteiger partial charge < -0.3 is 5.32 Å². The molecule has 3 rings (SSSR count). The Balaban J connectivity index is 1.35. The number of fused-ring (bicyclic) bond motifs is 2. The summed E-state index contributed by atoms with van der Waals surface area (Å²) in [5, 5.41) is 3.73. The molecule has 3 aliphatic carbocycles. The van der Waals surface area contributed by atoms with Crippen molar-refractivity contribution in [1.29, 1.82) is 0 Å². The molecule has 0 saturated heterocycles. The van der Waals surface area contributed by atoms with E-state index in [2.05, 4.69) is 12.2 Å². The standard InChI is InChI=1S/C14H25N/c1-10(12-4-5-12)8-15-9-14-7-11-2-3-13(14)6-11/h10-15H,2-9H2,1H3. The van der Waals surface area contributed by atoms with Gasteiger partial charge in [-0.1, -0.05) is 13.3 Å². The molecule has 3 fully saturated rings. The van der Waals surface area contributed by atoms with Gasteiger partial charge in [-0.3, -0.25) is 0 Å². The van der Waals surface area contributed by atoms with Gasteiger partial charge in [0.25, 0.3) is 0 Å². The van der Waals surface area contributed by atoms with Crippen LogP contribution in [0.15, 0.2) is 0 Å². The summed E-state index contributed by atoms with van der Waals surface area (Å²) in [6.07, 6.45) is 9.17. The van der Waals surface area contributed by atoms with Gasteiger partial charge in [0.05, 0.1) is 0 Å². The van der Waals surface area contributed by atoms with Crippen LogP contribution in [0.1, 0.15) is 45.4 Å². The molecule has 0 heterocycles. The molecule has 4 unspecified atom stereocenters. The van der Waals surface area contributed by atoms with Gasteiger partial charge in [0.2, 0.25) is 0 Å². The first kappa shape index (κ1) is 10.1. The molecule has 0 aromatic rings. The fourth-order valence-electron chi connectivity index (χ4n) is 3.95. The van der Waals surface area contributed by atoms with E-state index in [-0.39, 0.29) is 0 Å². The molecule has 0 aliphatic heterocycles. The fourth-order valence-corrected chi connectivity index (χ4v) is 3.95. The van der Waals surface area contributed by atoms with Crippen LogP contribution in [0.5, 0.6) is 0 Å². The van der Waals surface area contributed by atoms with E-state index < -0.39 is 0 Å². The van der Waals surface area contributed by atoms with Gasteiger partial charge in [0, 0.05) is 0 Å². The maximum absolute atomic E-state index is 3.73. The zero-order chi connectivity index (χ0) is 10.3. The lowest BCUT2D eigenvalue weighted by Crippen LogP contribution is -2.30. The van der Waals surface area contributed by atoms with E-state index in [4.69, 9.17) is 0 Å². The van der Waals surface area contributed by atoms with E-state index >= 15 is 0 Å². The third-order valence-corrected chi connectivity index (χ3v) is 5.18. The first-order chi connectivity index (χ1) is 7.33. The highest BCUT2D eigenvalue weighted by Gasteiger charge is 2.39. The van der Waals surface area contributed by atoms with Gasteiger partial charge in [-0.05, 0) is 74.8 Å². The van der Waals surface area contributed by atoms with Crippen molar-refractivity contribution < 1.29 is 0 Å². The lowest BCUT2D eigenvalue weighted by Gasteiger charge is -2.22. The molecule has 0 aromatic heterocycles. The molecule has 0 spiro atoms. The highest BCUT2D eigenvalue weighted by molar-refractivity contribution is 4.91. The average molecular weight is 207 g/mol. The van der Waals surface area contributed by atoms with Crippen molar-refractivity contribution in [2.75, 3.05) is 13.1 Å². The van der Waals surface area contributed by atoms with Crippen molar-refractivity contribution in [3.8, 4) is 0 Å². The zero-order valence-electron chi connectivity index (χ0n) is 10.0. The molecule has 1 heteroatoms. The van der Waals surface area contributed by atoms with Crippen LogP contribution >= 0.6 is 0 Å². The first-order valence-electron chi connectivity index (χ1n) is 7.03. The van der Waals surface area contributed by atoms with Gasteiger partial charge in [-0.25, -0.2) is 0 Å². The minimum Gasteiger partial charge on any atom is -0.316 e. The van der Waals surface area contributed by atoms with E-state index in [9.17, 15) is 0 Å². The van der Waals surface area contributed by atoms with E-state index in [1.54, 1.807) is 12.8 Å². The molecule has 15 heavy (non-hydrogen) atoms. The summed E-state index contributed by atoms with van der Waals surface area (Å²) in [6.45, 7) is 5.02. The topological polar surface area (TPSA) is 12.0 Å². The highest BCUT2D eigenvalue weighted by Crippen LogP contribution is 2.48. The molecule has 3 saturated carbocycles. The Morgan fingerprint density at radius 1 is 1.13 bits per heavy atom. The number of hydrogen-bond donors (Lipinski definition) is 1.